The summed E-state index contributed by atoms with van der Waals surface area (Å²) in [4.78, 5) is 40.7. The predicted molar refractivity (Wildman–Crippen MR) is 154 cm³/mol. The second-order valence-electron chi connectivity index (χ2n) is 8.93. The van der Waals surface area contributed by atoms with Crippen LogP contribution in [0.3, 0.4) is 0 Å². The third-order valence-corrected chi connectivity index (χ3v) is 6.18. The van der Waals surface area contributed by atoms with Gasteiger partial charge in [0.05, 0.1) is 12.5 Å². The Labute approximate surface area is 234 Å². The number of hydrogen-bond donors (Lipinski definition) is 3. The molecule has 0 unspecified atom stereocenters. The molecule has 40 heavy (non-hydrogen) atoms. The van der Waals surface area contributed by atoms with E-state index in [0.29, 0.717) is 55.3 Å². The van der Waals surface area contributed by atoms with E-state index in [9.17, 15) is 14.4 Å². The normalized spacial score (nSPS) is 12.6. The quantitative estimate of drug-likeness (QED) is 0.187. The Balaban J connectivity index is 0.000000225. The fourth-order valence-electron chi connectivity index (χ4n) is 4.04. The van der Waals surface area contributed by atoms with Crippen molar-refractivity contribution < 1.29 is 19.1 Å². The van der Waals surface area contributed by atoms with Gasteiger partial charge >= 0.3 is 5.97 Å². The molecule has 1 aromatic heterocycles. The zero-order chi connectivity index (χ0) is 28.9. The van der Waals surface area contributed by atoms with Gasteiger partial charge in [-0.05, 0) is 63.1 Å². The second kappa shape index (κ2) is 14.8. The second-order valence-corrected chi connectivity index (χ2v) is 8.93. The number of hydrogen-bond acceptors (Lipinski definition) is 6. The number of amides is 2. The summed E-state index contributed by atoms with van der Waals surface area (Å²) in [6.07, 6.45) is 3.03. The van der Waals surface area contributed by atoms with E-state index in [-0.39, 0.29) is 17.8 Å². The van der Waals surface area contributed by atoms with Gasteiger partial charge in [0.15, 0.2) is 0 Å². The molecule has 2 heterocycles. The molecule has 0 radical (unpaired) electrons. The molecule has 0 spiro atoms. The van der Waals surface area contributed by atoms with Gasteiger partial charge in [-0.25, -0.2) is 4.98 Å². The molecule has 206 valence electrons. The van der Waals surface area contributed by atoms with Crippen molar-refractivity contribution in [2.24, 2.45) is 11.7 Å². The zero-order valence-electron chi connectivity index (χ0n) is 22.6. The number of aromatic nitrogens is 1. The van der Waals surface area contributed by atoms with Crippen LogP contribution in [0, 0.1) is 23.2 Å². The number of anilines is 1. The minimum Gasteiger partial charge on any atom is -0.466 e. The number of piperidine rings is 1. The smallest absolute Gasteiger partial charge is 0.309 e. The van der Waals surface area contributed by atoms with Crippen molar-refractivity contribution in [3.8, 4) is 11.8 Å². The van der Waals surface area contributed by atoms with Crippen molar-refractivity contribution in [3.05, 3.63) is 95.2 Å². The molecule has 0 aliphatic carbocycles. The van der Waals surface area contributed by atoms with Crippen LogP contribution in [0.2, 0.25) is 0 Å². The van der Waals surface area contributed by atoms with Crippen LogP contribution < -0.4 is 11.1 Å². The number of pyridine rings is 1. The van der Waals surface area contributed by atoms with Crippen LogP contribution >= 0.6 is 0 Å². The maximum Gasteiger partial charge on any atom is 0.309 e. The lowest BCUT2D eigenvalue weighted by Crippen LogP contribution is -2.40. The Morgan fingerprint density at radius 3 is 2.20 bits per heavy atom. The van der Waals surface area contributed by atoms with Crippen molar-refractivity contribution in [2.75, 3.05) is 25.0 Å². The average molecular weight is 540 g/mol. The molecule has 9 nitrogen and oxygen atoms in total. The van der Waals surface area contributed by atoms with Gasteiger partial charge in [-0.2, -0.15) is 0 Å². The first-order valence-corrected chi connectivity index (χ1v) is 13.0. The lowest BCUT2D eigenvalue weighted by atomic mass is 9.96. The molecule has 0 saturated carbocycles. The van der Waals surface area contributed by atoms with E-state index >= 15 is 0 Å². The van der Waals surface area contributed by atoms with Crippen LogP contribution in [-0.4, -0.2) is 53.2 Å². The summed E-state index contributed by atoms with van der Waals surface area (Å²) >= 11 is 0. The molecule has 9 heteroatoms. The van der Waals surface area contributed by atoms with E-state index in [2.05, 4.69) is 22.1 Å². The van der Waals surface area contributed by atoms with Gasteiger partial charge in [0.1, 0.15) is 11.7 Å². The number of esters is 1. The van der Waals surface area contributed by atoms with E-state index in [1.54, 1.807) is 62.5 Å². The predicted octanol–water partition coefficient (Wildman–Crippen LogP) is 4.09. The molecule has 2 amide bonds. The number of likely N-dealkylation sites (tertiary alicyclic amines) is 1. The number of nitrogens with zero attached hydrogens (tertiary/aromatic N) is 2. The van der Waals surface area contributed by atoms with Crippen LogP contribution in [0.1, 0.15) is 58.5 Å². The van der Waals surface area contributed by atoms with Crippen molar-refractivity contribution in [1.82, 2.24) is 9.88 Å². The Morgan fingerprint density at radius 1 is 1.00 bits per heavy atom. The molecule has 1 aliphatic rings. The average Bonchev–Trinajstić information content (AvgIpc) is 2.99. The van der Waals surface area contributed by atoms with Gasteiger partial charge in [-0.1, -0.05) is 36.3 Å². The van der Waals surface area contributed by atoms with E-state index in [1.165, 1.54) is 0 Å². The largest absolute Gasteiger partial charge is 0.466 e. The Bertz CT molecular complexity index is 1370. The van der Waals surface area contributed by atoms with Crippen molar-refractivity contribution in [2.45, 2.75) is 26.7 Å². The first kappa shape index (κ1) is 29.6. The van der Waals surface area contributed by atoms with E-state index in [0.717, 1.165) is 11.1 Å². The fraction of sp³-hybridized carbons (Fsp3) is 0.258. The van der Waals surface area contributed by atoms with Crippen LogP contribution in [-0.2, 0) is 9.53 Å². The molecule has 1 fully saturated rings. The van der Waals surface area contributed by atoms with Crippen LogP contribution in [0.4, 0.5) is 5.82 Å². The highest BCUT2D eigenvalue weighted by Gasteiger charge is 2.27. The summed E-state index contributed by atoms with van der Waals surface area (Å²) < 4.78 is 5.04. The molecule has 0 atom stereocenters. The topological polar surface area (TPSA) is 138 Å². The summed E-state index contributed by atoms with van der Waals surface area (Å²) in [5.41, 5.74) is 7.81. The highest BCUT2D eigenvalue weighted by molar-refractivity contribution is 6.03. The number of nitrogens with one attached hydrogen (secondary N) is 2. The number of rotatable bonds is 6. The van der Waals surface area contributed by atoms with Crippen molar-refractivity contribution in [1.29, 1.82) is 5.41 Å². The molecule has 1 saturated heterocycles. The van der Waals surface area contributed by atoms with E-state index in [4.69, 9.17) is 15.9 Å². The third kappa shape index (κ3) is 8.53. The standard InChI is InChI=1S/C16H21N3O3.C15H12N2O/c1-2-22-16(21)13-7-9-19(10-8-13)14(17)11-3-5-12(6-4-11)15(18)20;1-2-6-12-9-10-14(16-11-12)17-15(18)13-7-4-3-5-8-13/h3-6,13,17H,2,7-10H2,1H3,(H2,18,20);3-5,7-11H,1H3,(H,16,17,18). The van der Waals surface area contributed by atoms with Crippen LogP contribution in [0.5, 0.6) is 0 Å². The summed E-state index contributed by atoms with van der Waals surface area (Å²) in [6.45, 7) is 5.28. The maximum atomic E-state index is 11.8. The number of nitrogens with two attached hydrogens (primary N) is 1. The molecule has 0 bridgehead atoms. The lowest BCUT2D eigenvalue weighted by Gasteiger charge is -2.32. The zero-order valence-corrected chi connectivity index (χ0v) is 22.6. The first-order chi connectivity index (χ1) is 19.3. The van der Waals surface area contributed by atoms with Crippen LogP contribution in [0.15, 0.2) is 72.9 Å². The van der Waals surface area contributed by atoms with Gasteiger partial charge in [0.2, 0.25) is 5.91 Å². The molecule has 1 aliphatic heterocycles. The minimum atomic E-state index is -0.478. The van der Waals surface area contributed by atoms with Gasteiger partial charge in [-0.3, -0.25) is 19.8 Å². The number of benzene rings is 2. The Morgan fingerprint density at radius 2 is 1.65 bits per heavy atom. The highest BCUT2D eigenvalue weighted by atomic mass is 16.5. The molecular weight excluding hydrogens is 506 g/mol. The fourth-order valence-corrected chi connectivity index (χ4v) is 4.04. The number of carbonyl (C=O) groups excluding carboxylic acids is 3. The lowest BCUT2D eigenvalue weighted by molar-refractivity contribution is -0.149. The Kier molecular flexibility index (Phi) is 11.0. The number of amidine groups is 1. The molecule has 3 aromatic rings. The van der Waals surface area contributed by atoms with Gasteiger partial charge in [0.25, 0.3) is 5.91 Å². The van der Waals surface area contributed by atoms with Gasteiger partial charge in [0, 0.05) is 41.5 Å². The molecular formula is C31H33N5O4. The highest BCUT2D eigenvalue weighted by Crippen LogP contribution is 2.20. The first-order valence-electron chi connectivity index (χ1n) is 13.0. The van der Waals surface area contributed by atoms with Gasteiger partial charge < -0.3 is 20.7 Å². The monoisotopic (exact) mass is 539 g/mol. The van der Waals surface area contributed by atoms with Crippen molar-refractivity contribution in [3.63, 3.8) is 0 Å². The number of carbonyl (C=O) groups is 3. The summed E-state index contributed by atoms with van der Waals surface area (Å²) in [5, 5.41) is 11.0. The minimum absolute atomic E-state index is 0.0683. The SMILES string of the molecule is CC#Cc1ccc(NC(=O)c2ccccc2)nc1.CCOC(=O)C1CCN(C(=N)c2ccc(C(N)=O)cc2)CC1. The molecule has 4 N–H and O–H groups in total. The maximum absolute atomic E-state index is 11.8. The van der Waals surface area contributed by atoms with Crippen molar-refractivity contribution >= 4 is 29.4 Å². The number of primary amides is 1. The summed E-state index contributed by atoms with van der Waals surface area (Å²) in [6, 6.07) is 19.3. The van der Waals surface area contributed by atoms with Crippen LogP contribution in [0.25, 0.3) is 0 Å². The Hall–Kier alpha value is -4.97. The molecule has 2 aromatic carbocycles. The van der Waals surface area contributed by atoms with E-state index in [1.807, 2.05) is 29.2 Å². The van der Waals surface area contributed by atoms with Gasteiger partial charge in [-0.15, -0.1) is 5.92 Å². The third-order valence-electron chi connectivity index (χ3n) is 6.18. The summed E-state index contributed by atoms with van der Waals surface area (Å²) in [5.74, 6) is 5.75. The number of ether oxygens (including phenoxy) is 1. The summed E-state index contributed by atoms with van der Waals surface area (Å²) in [7, 11) is 0. The molecule has 4 rings (SSSR count). The van der Waals surface area contributed by atoms with E-state index < -0.39 is 5.91 Å².